The largest absolute Gasteiger partial charge is 0.490 e. The summed E-state index contributed by atoms with van der Waals surface area (Å²) in [4.78, 5) is 0. The maximum absolute atomic E-state index is 5.60. The number of hydrogen-bond acceptors (Lipinski definition) is 4. The molecule has 2 aromatic carbocycles. The Morgan fingerprint density at radius 3 is 2.48 bits per heavy atom. The van der Waals surface area contributed by atoms with E-state index in [1.165, 1.54) is 0 Å². The molecular weight excluding hydrogens is 334 g/mol. The Bertz CT molecular complexity index is 705. The average molecular weight is 357 g/mol. The average Bonchev–Trinajstić information content (AvgIpc) is 2.63. The van der Waals surface area contributed by atoms with Crippen LogP contribution in [0.2, 0.25) is 0 Å². The summed E-state index contributed by atoms with van der Waals surface area (Å²) in [5.41, 5.74) is 4.86. The summed E-state index contributed by atoms with van der Waals surface area (Å²) in [6.45, 7) is 5.70. The van der Waals surface area contributed by atoms with Crippen LogP contribution in [0.5, 0.6) is 11.5 Å². The van der Waals surface area contributed by atoms with Crippen molar-refractivity contribution in [3.05, 3.63) is 59.7 Å². The number of nitrogens with one attached hydrogen (secondary N) is 2. The van der Waals surface area contributed by atoms with Gasteiger partial charge in [-0.15, -0.1) is 0 Å². The number of ether oxygens (including phenoxy) is 2. The molecule has 2 aromatic rings. The summed E-state index contributed by atoms with van der Waals surface area (Å²) in [6, 6.07) is 15.7. The highest BCUT2D eigenvalue weighted by atomic mass is 32.1. The number of hydrogen-bond donors (Lipinski definition) is 2. The number of thiocarbonyl (C=S) groups is 1. The van der Waals surface area contributed by atoms with Crippen molar-refractivity contribution in [2.75, 3.05) is 13.2 Å². The van der Waals surface area contributed by atoms with Gasteiger partial charge in [-0.3, -0.25) is 5.43 Å². The van der Waals surface area contributed by atoms with Crippen LogP contribution in [0, 0.1) is 0 Å². The molecule has 0 radical (unpaired) electrons. The topological polar surface area (TPSA) is 54.9 Å². The first-order valence-corrected chi connectivity index (χ1v) is 8.64. The Morgan fingerprint density at radius 1 is 1.04 bits per heavy atom. The molecule has 5 nitrogen and oxygen atoms in total. The van der Waals surface area contributed by atoms with Gasteiger partial charge in [0.15, 0.2) is 16.6 Å². The SMILES string of the molecule is CCOc1ccc(/C=N/NC(=S)NCc2ccccc2)cc1OCC. The third-order valence-electron chi connectivity index (χ3n) is 3.24. The number of rotatable bonds is 8. The van der Waals surface area contributed by atoms with Crippen molar-refractivity contribution in [2.24, 2.45) is 5.10 Å². The van der Waals surface area contributed by atoms with Gasteiger partial charge in [-0.05, 0) is 55.4 Å². The molecule has 0 aliphatic rings. The highest BCUT2D eigenvalue weighted by Crippen LogP contribution is 2.27. The molecule has 0 spiro atoms. The van der Waals surface area contributed by atoms with E-state index in [-0.39, 0.29) is 0 Å². The summed E-state index contributed by atoms with van der Waals surface area (Å²) in [6.07, 6.45) is 1.69. The zero-order chi connectivity index (χ0) is 17.9. The van der Waals surface area contributed by atoms with Crippen molar-refractivity contribution in [1.29, 1.82) is 0 Å². The second-order valence-electron chi connectivity index (χ2n) is 5.11. The van der Waals surface area contributed by atoms with Gasteiger partial charge in [0, 0.05) is 6.54 Å². The van der Waals surface area contributed by atoms with Gasteiger partial charge in [-0.25, -0.2) is 0 Å². The summed E-state index contributed by atoms with van der Waals surface area (Å²) in [5.74, 6) is 1.44. The lowest BCUT2D eigenvalue weighted by Gasteiger charge is -2.11. The highest BCUT2D eigenvalue weighted by molar-refractivity contribution is 7.80. The van der Waals surface area contributed by atoms with Crippen LogP contribution in [0.3, 0.4) is 0 Å². The Balaban J connectivity index is 1.88. The molecule has 0 bridgehead atoms. The van der Waals surface area contributed by atoms with Gasteiger partial charge in [0.2, 0.25) is 0 Å². The van der Waals surface area contributed by atoms with Gasteiger partial charge in [-0.2, -0.15) is 5.10 Å². The predicted octanol–water partition coefficient (Wildman–Crippen LogP) is 3.48. The lowest BCUT2D eigenvalue weighted by molar-refractivity contribution is 0.288. The monoisotopic (exact) mass is 357 g/mol. The van der Waals surface area contributed by atoms with E-state index in [2.05, 4.69) is 15.8 Å². The minimum Gasteiger partial charge on any atom is -0.490 e. The molecule has 25 heavy (non-hydrogen) atoms. The quantitative estimate of drug-likeness (QED) is 0.430. The van der Waals surface area contributed by atoms with Crippen molar-refractivity contribution >= 4 is 23.5 Å². The van der Waals surface area contributed by atoms with E-state index in [1.807, 2.05) is 62.4 Å². The van der Waals surface area contributed by atoms with Crippen LogP contribution in [-0.2, 0) is 6.54 Å². The maximum atomic E-state index is 5.60. The lowest BCUT2D eigenvalue weighted by Crippen LogP contribution is -2.31. The van der Waals surface area contributed by atoms with E-state index in [4.69, 9.17) is 21.7 Å². The molecule has 0 heterocycles. The molecule has 2 rings (SSSR count). The lowest BCUT2D eigenvalue weighted by atomic mass is 10.2. The van der Waals surface area contributed by atoms with Crippen LogP contribution in [0.25, 0.3) is 0 Å². The van der Waals surface area contributed by atoms with Gasteiger partial charge >= 0.3 is 0 Å². The molecule has 132 valence electrons. The number of hydrazone groups is 1. The Morgan fingerprint density at radius 2 is 1.76 bits per heavy atom. The van der Waals surface area contributed by atoms with Crippen molar-refractivity contribution in [3.63, 3.8) is 0 Å². The smallest absolute Gasteiger partial charge is 0.187 e. The highest BCUT2D eigenvalue weighted by Gasteiger charge is 2.05. The summed E-state index contributed by atoms with van der Waals surface area (Å²) >= 11 is 5.21. The van der Waals surface area contributed by atoms with E-state index < -0.39 is 0 Å². The first kappa shape index (κ1) is 18.7. The molecule has 0 aliphatic heterocycles. The maximum Gasteiger partial charge on any atom is 0.187 e. The van der Waals surface area contributed by atoms with Crippen LogP contribution in [-0.4, -0.2) is 24.5 Å². The normalized spacial score (nSPS) is 10.5. The fraction of sp³-hybridized carbons (Fsp3) is 0.263. The molecule has 0 aromatic heterocycles. The van der Waals surface area contributed by atoms with Crippen molar-refractivity contribution in [2.45, 2.75) is 20.4 Å². The van der Waals surface area contributed by atoms with Crippen molar-refractivity contribution in [3.8, 4) is 11.5 Å². The number of nitrogens with zero attached hydrogens (tertiary/aromatic N) is 1. The Kier molecular flexibility index (Phi) is 7.72. The van der Waals surface area contributed by atoms with Crippen molar-refractivity contribution in [1.82, 2.24) is 10.7 Å². The summed E-state index contributed by atoms with van der Waals surface area (Å²) < 4.78 is 11.1. The minimum atomic E-state index is 0.469. The molecule has 0 unspecified atom stereocenters. The third-order valence-corrected chi connectivity index (χ3v) is 3.48. The Hall–Kier alpha value is -2.60. The van der Waals surface area contributed by atoms with E-state index >= 15 is 0 Å². The molecule has 0 amide bonds. The van der Waals surface area contributed by atoms with Crippen LogP contribution >= 0.6 is 12.2 Å². The Labute approximate surface area is 154 Å². The van der Waals surface area contributed by atoms with Gasteiger partial charge in [0.05, 0.1) is 19.4 Å². The minimum absolute atomic E-state index is 0.469. The van der Waals surface area contributed by atoms with Gasteiger partial charge < -0.3 is 14.8 Å². The summed E-state index contributed by atoms with van der Waals surface area (Å²) in [7, 11) is 0. The van der Waals surface area contributed by atoms with Crippen LogP contribution in [0.1, 0.15) is 25.0 Å². The second-order valence-corrected chi connectivity index (χ2v) is 5.52. The second kappa shape index (κ2) is 10.3. The fourth-order valence-corrected chi connectivity index (χ4v) is 2.26. The van der Waals surface area contributed by atoms with Crippen LogP contribution < -0.4 is 20.2 Å². The first-order chi connectivity index (χ1) is 12.2. The standard InChI is InChI=1S/C19H23N3O2S/c1-3-23-17-11-10-16(12-18(17)24-4-2)14-21-22-19(25)20-13-15-8-6-5-7-9-15/h5-12,14H,3-4,13H2,1-2H3,(H2,20,22,25)/b21-14+. The molecule has 0 saturated carbocycles. The number of benzene rings is 2. The predicted molar refractivity (Wildman–Crippen MR) is 105 cm³/mol. The zero-order valence-electron chi connectivity index (χ0n) is 14.5. The molecule has 0 saturated heterocycles. The molecule has 6 heteroatoms. The summed E-state index contributed by atoms with van der Waals surface area (Å²) in [5, 5.41) is 7.73. The molecule has 0 atom stereocenters. The fourth-order valence-electron chi connectivity index (χ4n) is 2.13. The molecular formula is C19H23N3O2S. The van der Waals surface area contributed by atoms with Gasteiger partial charge in [0.25, 0.3) is 0 Å². The van der Waals surface area contributed by atoms with E-state index in [0.717, 1.165) is 16.9 Å². The van der Waals surface area contributed by atoms with E-state index in [0.29, 0.717) is 30.6 Å². The van der Waals surface area contributed by atoms with Crippen LogP contribution in [0.4, 0.5) is 0 Å². The van der Waals surface area contributed by atoms with Crippen LogP contribution in [0.15, 0.2) is 53.6 Å². The molecule has 2 N–H and O–H groups in total. The van der Waals surface area contributed by atoms with Crippen molar-refractivity contribution < 1.29 is 9.47 Å². The molecule has 0 aliphatic carbocycles. The van der Waals surface area contributed by atoms with Gasteiger partial charge in [-0.1, -0.05) is 30.3 Å². The first-order valence-electron chi connectivity index (χ1n) is 8.23. The van der Waals surface area contributed by atoms with Gasteiger partial charge in [0.1, 0.15) is 0 Å². The molecule has 0 fully saturated rings. The third kappa shape index (κ3) is 6.43. The van der Waals surface area contributed by atoms with E-state index in [1.54, 1.807) is 6.21 Å². The zero-order valence-corrected chi connectivity index (χ0v) is 15.3. The van der Waals surface area contributed by atoms with E-state index in [9.17, 15) is 0 Å².